The zero-order valence-corrected chi connectivity index (χ0v) is 9.51. The Labute approximate surface area is 96.1 Å². The lowest BCUT2D eigenvalue weighted by Gasteiger charge is -2.18. The van der Waals surface area contributed by atoms with Crippen LogP contribution in [0.3, 0.4) is 0 Å². The first-order chi connectivity index (χ1) is 7.34. The van der Waals surface area contributed by atoms with Gasteiger partial charge in [-0.3, -0.25) is 0 Å². The van der Waals surface area contributed by atoms with Crippen LogP contribution in [0.2, 0.25) is 5.35 Å². The molecule has 0 saturated heterocycles. The summed E-state index contributed by atoms with van der Waals surface area (Å²) in [5.74, 6) is 0.902. The molecule has 2 aromatic heterocycles. The van der Waals surface area contributed by atoms with Crippen LogP contribution >= 0.6 is 22.9 Å². The van der Waals surface area contributed by atoms with Crippen molar-refractivity contribution in [3.63, 3.8) is 0 Å². The molecule has 2 aromatic rings. The summed E-state index contributed by atoms with van der Waals surface area (Å²) in [6.45, 7) is 0. The summed E-state index contributed by atoms with van der Waals surface area (Å²) in [7, 11) is 0. The number of hydrogen-bond acceptors (Lipinski definition) is 4. The van der Waals surface area contributed by atoms with Gasteiger partial charge < -0.3 is 4.42 Å². The fraction of sp³-hybridized carbons (Fsp3) is 0.400. The predicted octanol–water partition coefficient (Wildman–Crippen LogP) is 3.25. The van der Waals surface area contributed by atoms with E-state index in [0.717, 1.165) is 6.42 Å². The fourth-order valence-corrected chi connectivity index (χ4v) is 3.20. The molecule has 0 aliphatic heterocycles. The van der Waals surface area contributed by atoms with Gasteiger partial charge in [-0.1, -0.05) is 5.10 Å². The van der Waals surface area contributed by atoms with E-state index in [2.05, 4.69) is 21.6 Å². The third-order valence-corrected chi connectivity index (χ3v) is 3.92. The maximum absolute atomic E-state index is 5.64. The number of thiophene rings is 1. The Balaban J connectivity index is 2.02. The van der Waals surface area contributed by atoms with Gasteiger partial charge in [-0.15, -0.1) is 16.4 Å². The van der Waals surface area contributed by atoms with Crippen LogP contribution in [0.5, 0.6) is 0 Å². The average Bonchev–Trinajstić information content (AvgIpc) is 2.84. The SMILES string of the molecule is Clc1nnc(C2CCCc3sccc32)o1. The van der Waals surface area contributed by atoms with Crippen LogP contribution in [0.25, 0.3) is 0 Å². The molecule has 3 nitrogen and oxygen atoms in total. The van der Waals surface area contributed by atoms with Gasteiger partial charge >= 0.3 is 5.35 Å². The van der Waals surface area contributed by atoms with E-state index >= 15 is 0 Å². The summed E-state index contributed by atoms with van der Waals surface area (Å²) in [5, 5.41) is 9.93. The van der Waals surface area contributed by atoms with E-state index in [4.69, 9.17) is 16.0 Å². The molecule has 0 N–H and O–H groups in total. The van der Waals surface area contributed by atoms with E-state index in [1.54, 1.807) is 0 Å². The molecule has 3 rings (SSSR count). The molecular formula is C10H9ClN2OS. The Morgan fingerprint density at radius 2 is 2.40 bits per heavy atom. The van der Waals surface area contributed by atoms with Crippen LogP contribution < -0.4 is 0 Å². The highest BCUT2D eigenvalue weighted by molar-refractivity contribution is 7.10. The molecule has 2 heterocycles. The number of halogens is 1. The van der Waals surface area contributed by atoms with Gasteiger partial charge in [0.2, 0.25) is 5.89 Å². The van der Waals surface area contributed by atoms with Gasteiger partial charge in [0.05, 0.1) is 5.92 Å². The summed E-state index contributed by atoms with van der Waals surface area (Å²) in [5.41, 5.74) is 1.34. The maximum Gasteiger partial charge on any atom is 0.312 e. The topological polar surface area (TPSA) is 38.9 Å². The summed E-state index contributed by atoms with van der Waals surface area (Å²) < 4.78 is 5.30. The van der Waals surface area contributed by atoms with Crippen molar-refractivity contribution < 1.29 is 4.42 Å². The molecule has 1 aliphatic carbocycles. The largest absolute Gasteiger partial charge is 0.411 e. The number of aromatic nitrogens is 2. The fourth-order valence-electron chi connectivity index (χ4n) is 2.10. The first kappa shape index (κ1) is 9.36. The highest BCUT2D eigenvalue weighted by atomic mass is 35.5. The van der Waals surface area contributed by atoms with Crippen molar-refractivity contribution in [2.45, 2.75) is 25.2 Å². The number of aryl methyl sites for hydroxylation is 1. The minimum Gasteiger partial charge on any atom is -0.411 e. The standard InChI is InChI=1S/C10H9ClN2OS/c11-10-13-12-9(14-10)7-2-1-3-8-6(7)4-5-15-8/h4-5,7H,1-3H2. The second kappa shape index (κ2) is 3.61. The molecule has 0 radical (unpaired) electrons. The van der Waals surface area contributed by atoms with Gasteiger partial charge in [0.25, 0.3) is 0 Å². The second-order valence-corrected chi connectivity index (χ2v) is 4.96. The third-order valence-electron chi connectivity index (χ3n) is 2.77. The van der Waals surface area contributed by atoms with Gasteiger partial charge in [0.15, 0.2) is 0 Å². The van der Waals surface area contributed by atoms with Crippen LogP contribution in [0, 0.1) is 0 Å². The molecule has 15 heavy (non-hydrogen) atoms. The molecular weight excluding hydrogens is 232 g/mol. The molecule has 1 unspecified atom stereocenters. The van der Waals surface area contributed by atoms with Gasteiger partial charge in [0.1, 0.15) is 0 Å². The smallest absolute Gasteiger partial charge is 0.312 e. The minimum absolute atomic E-state index is 0.132. The zero-order chi connectivity index (χ0) is 10.3. The van der Waals surface area contributed by atoms with E-state index in [-0.39, 0.29) is 11.3 Å². The van der Waals surface area contributed by atoms with E-state index in [0.29, 0.717) is 5.89 Å². The van der Waals surface area contributed by atoms with Crippen molar-refractivity contribution in [2.24, 2.45) is 0 Å². The number of rotatable bonds is 1. The molecule has 78 valence electrons. The van der Waals surface area contributed by atoms with Crippen LogP contribution in [0.4, 0.5) is 0 Å². The Hall–Kier alpha value is -0.870. The Bertz CT molecular complexity index is 479. The van der Waals surface area contributed by atoms with Gasteiger partial charge in [-0.2, -0.15) is 0 Å². The van der Waals surface area contributed by atoms with Crippen molar-refractivity contribution in [3.05, 3.63) is 33.1 Å². The summed E-state index contributed by atoms with van der Waals surface area (Å²) in [6.07, 6.45) is 3.42. The first-order valence-corrected chi connectivity index (χ1v) is 6.15. The Kier molecular flexibility index (Phi) is 2.25. The molecule has 0 spiro atoms. The molecule has 0 bridgehead atoms. The average molecular weight is 241 g/mol. The molecule has 1 atom stereocenters. The monoisotopic (exact) mass is 240 g/mol. The summed E-state index contributed by atoms with van der Waals surface area (Å²) >= 11 is 7.45. The van der Waals surface area contributed by atoms with Gasteiger partial charge in [-0.25, -0.2) is 0 Å². The number of nitrogens with zero attached hydrogens (tertiary/aromatic N) is 2. The van der Waals surface area contributed by atoms with E-state index < -0.39 is 0 Å². The first-order valence-electron chi connectivity index (χ1n) is 4.90. The molecule has 1 aliphatic rings. The zero-order valence-electron chi connectivity index (χ0n) is 7.94. The molecule has 0 fully saturated rings. The van der Waals surface area contributed by atoms with Crippen molar-refractivity contribution in [2.75, 3.05) is 0 Å². The summed E-state index contributed by atoms with van der Waals surface area (Å²) in [4.78, 5) is 1.44. The Morgan fingerprint density at radius 3 is 3.20 bits per heavy atom. The van der Waals surface area contributed by atoms with E-state index in [9.17, 15) is 0 Å². The molecule has 5 heteroatoms. The van der Waals surface area contributed by atoms with Gasteiger partial charge in [-0.05, 0) is 47.9 Å². The lowest BCUT2D eigenvalue weighted by Crippen LogP contribution is -2.08. The van der Waals surface area contributed by atoms with Crippen LogP contribution in [0.15, 0.2) is 15.9 Å². The molecule has 0 amide bonds. The number of hydrogen-bond donors (Lipinski definition) is 0. The van der Waals surface area contributed by atoms with Crippen molar-refractivity contribution in [1.29, 1.82) is 0 Å². The van der Waals surface area contributed by atoms with Crippen molar-refractivity contribution >= 4 is 22.9 Å². The minimum atomic E-state index is 0.132. The van der Waals surface area contributed by atoms with Gasteiger partial charge in [0, 0.05) is 4.88 Å². The molecule has 0 aromatic carbocycles. The van der Waals surface area contributed by atoms with E-state index in [1.807, 2.05) is 11.3 Å². The lowest BCUT2D eigenvalue weighted by atomic mass is 9.88. The van der Waals surface area contributed by atoms with Crippen LogP contribution in [-0.4, -0.2) is 10.2 Å². The van der Waals surface area contributed by atoms with Crippen LogP contribution in [0.1, 0.15) is 35.1 Å². The third kappa shape index (κ3) is 1.58. The second-order valence-electron chi connectivity index (χ2n) is 3.64. The van der Waals surface area contributed by atoms with Crippen molar-refractivity contribution in [3.8, 4) is 0 Å². The highest BCUT2D eigenvalue weighted by Crippen LogP contribution is 2.38. The Morgan fingerprint density at radius 1 is 1.47 bits per heavy atom. The normalized spacial score (nSPS) is 20.2. The molecule has 0 saturated carbocycles. The van der Waals surface area contributed by atoms with Crippen molar-refractivity contribution in [1.82, 2.24) is 10.2 Å². The highest BCUT2D eigenvalue weighted by Gasteiger charge is 2.26. The van der Waals surface area contributed by atoms with Crippen LogP contribution in [-0.2, 0) is 6.42 Å². The predicted molar refractivity (Wildman–Crippen MR) is 58.4 cm³/mol. The quantitative estimate of drug-likeness (QED) is 0.768. The lowest BCUT2D eigenvalue weighted by molar-refractivity contribution is 0.445. The maximum atomic E-state index is 5.64. The van der Waals surface area contributed by atoms with E-state index in [1.165, 1.54) is 23.3 Å². The summed E-state index contributed by atoms with van der Waals surface area (Å²) in [6, 6.07) is 2.15. The number of fused-ring (bicyclic) bond motifs is 1.